The summed E-state index contributed by atoms with van der Waals surface area (Å²) in [7, 11) is 0. The second-order valence-electron chi connectivity index (χ2n) is 5.43. The Morgan fingerprint density at radius 2 is 1.68 bits per heavy atom. The van der Waals surface area contributed by atoms with Crippen molar-refractivity contribution in [3.63, 3.8) is 0 Å². The Kier molecular flexibility index (Phi) is 5.31. The minimum Gasteiger partial charge on any atom is -0.337 e. The molecule has 0 aliphatic heterocycles. The summed E-state index contributed by atoms with van der Waals surface area (Å²) in [6, 6.07) is 19.0. The van der Waals surface area contributed by atoms with Crippen LogP contribution in [0.3, 0.4) is 0 Å². The molecule has 25 heavy (non-hydrogen) atoms. The number of anilines is 1. The molecule has 0 aliphatic rings. The third-order valence-corrected chi connectivity index (χ3v) is 3.59. The molecular formula is C19H17FN4O. The molecule has 3 aromatic rings. The van der Waals surface area contributed by atoms with E-state index in [1.807, 2.05) is 30.3 Å². The average molecular weight is 336 g/mol. The van der Waals surface area contributed by atoms with Crippen LogP contribution < -0.4 is 10.6 Å². The molecule has 0 spiro atoms. The van der Waals surface area contributed by atoms with Crippen LogP contribution in [-0.4, -0.2) is 22.8 Å². The molecule has 0 saturated carbocycles. The van der Waals surface area contributed by atoms with Gasteiger partial charge in [0.25, 0.3) is 0 Å². The maximum atomic E-state index is 12.8. The van der Waals surface area contributed by atoms with E-state index < -0.39 is 0 Å². The number of carbonyl (C=O) groups excluding carboxylic acids is 1. The fraction of sp³-hybridized carbons (Fsp3) is 0.105. The monoisotopic (exact) mass is 336 g/mol. The van der Waals surface area contributed by atoms with Crippen LogP contribution in [0, 0.1) is 5.82 Å². The average Bonchev–Trinajstić information content (AvgIpc) is 2.65. The zero-order valence-electron chi connectivity index (χ0n) is 13.4. The number of halogens is 1. The highest BCUT2D eigenvalue weighted by Gasteiger charge is 2.04. The summed E-state index contributed by atoms with van der Waals surface area (Å²) in [6.07, 6.45) is 0.617. The van der Waals surface area contributed by atoms with Crippen LogP contribution in [0.25, 0.3) is 11.3 Å². The largest absolute Gasteiger partial charge is 0.337 e. The number of benzene rings is 2. The lowest BCUT2D eigenvalue weighted by Gasteiger charge is -2.07. The lowest BCUT2D eigenvalue weighted by atomic mass is 10.1. The van der Waals surface area contributed by atoms with Gasteiger partial charge in [-0.1, -0.05) is 42.5 Å². The van der Waals surface area contributed by atoms with E-state index in [4.69, 9.17) is 0 Å². The molecular weight excluding hydrogens is 319 g/mol. The zero-order chi connectivity index (χ0) is 17.5. The van der Waals surface area contributed by atoms with Crippen LogP contribution >= 0.6 is 0 Å². The van der Waals surface area contributed by atoms with Crippen LogP contribution in [0.5, 0.6) is 0 Å². The van der Waals surface area contributed by atoms with Crippen molar-refractivity contribution in [1.82, 2.24) is 15.5 Å². The Morgan fingerprint density at radius 1 is 0.920 bits per heavy atom. The van der Waals surface area contributed by atoms with Crippen LogP contribution in [0.2, 0.25) is 0 Å². The Hall–Kier alpha value is -3.28. The number of nitrogens with one attached hydrogen (secondary N) is 2. The summed E-state index contributed by atoms with van der Waals surface area (Å²) in [6.45, 7) is 0.437. The Labute approximate surface area is 144 Å². The first-order chi connectivity index (χ1) is 12.2. The molecule has 1 heterocycles. The molecule has 0 bridgehead atoms. The smallest absolute Gasteiger partial charge is 0.320 e. The van der Waals surface area contributed by atoms with Gasteiger partial charge in [-0.3, -0.25) is 5.32 Å². The predicted molar refractivity (Wildman–Crippen MR) is 94.6 cm³/mol. The van der Waals surface area contributed by atoms with E-state index in [2.05, 4.69) is 20.8 Å². The molecule has 0 atom stereocenters. The molecule has 0 aliphatic carbocycles. The van der Waals surface area contributed by atoms with Gasteiger partial charge >= 0.3 is 6.03 Å². The van der Waals surface area contributed by atoms with E-state index in [0.29, 0.717) is 18.8 Å². The van der Waals surface area contributed by atoms with Crippen molar-refractivity contribution in [2.45, 2.75) is 6.42 Å². The molecule has 2 amide bonds. The molecule has 3 rings (SSSR count). The van der Waals surface area contributed by atoms with Crippen LogP contribution in [0.15, 0.2) is 66.7 Å². The van der Waals surface area contributed by atoms with Gasteiger partial charge in [-0.05, 0) is 36.2 Å². The standard InChI is InChI=1S/C19H17FN4O/c20-16-8-6-14(7-9-16)12-13-21-19(25)22-18-11-10-17(23-24-18)15-4-2-1-3-5-15/h1-11H,12-13H2,(H2,21,22,24,25). The second kappa shape index (κ2) is 8.01. The van der Waals surface area contributed by atoms with Crippen molar-refractivity contribution >= 4 is 11.8 Å². The lowest BCUT2D eigenvalue weighted by molar-refractivity contribution is 0.252. The van der Waals surface area contributed by atoms with Crippen molar-refractivity contribution in [2.75, 3.05) is 11.9 Å². The molecule has 6 heteroatoms. The highest BCUT2D eigenvalue weighted by Crippen LogP contribution is 2.16. The number of carbonyl (C=O) groups is 1. The first kappa shape index (κ1) is 16.6. The first-order valence-electron chi connectivity index (χ1n) is 7.89. The number of hydrogen-bond donors (Lipinski definition) is 2. The Bertz CT molecular complexity index is 820. The molecule has 1 aromatic heterocycles. The van der Waals surface area contributed by atoms with E-state index >= 15 is 0 Å². The van der Waals surface area contributed by atoms with E-state index in [1.165, 1.54) is 12.1 Å². The number of amides is 2. The van der Waals surface area contributed by atoms with Gasteiger partial charge in [-0.2, -0.15) is 0 Å². The quantitative estimate of drug-likeness (QED) is 0.747. The van der Waals surface area contributed by atoms with Gasteiger partial charge in [-0.25, -0.2) is 9.18 Å². The van der Waals surface area contributed by atoms with E-state index in [9.17, 15) is 9.18 Å². The summed E-state index contributed by atoms with van der Waals surface area (Å²) in [5, 5.41) is 13.5. The van der Waals surface area contributed by atoms with Crippen molar-refractivity contribution in [3.05, 3.63) is 78.1 Å². The fourth-order valence-electron chi connectivity index (χ4n) is 2.29. The van der Waals surface area contributed by atoms with Gasteiger partial charge in [0, 0.05) is 12.1 Å². The minimum atomic E-state index is -0.358. The van der Waals surface area contributed by atoms with Crippen LogP contribution in [0.4, 0.5) is 15.0 Å². The summed E-state index contributed by atoms with van der Waals surface area (Å²) in [5.41, 5.74) is 2.65. The normalized spacial score (nSPS) is 10.3. The topological polar surface area (TPSA) is 66.9 Å². The van der Waals surface area contributed by atoms with Crippen LogP contribution in [0.1, 0.15) is 5.56 Å². The summed E-state index contributed by atoms with van der Waals surface area (Å²) < 4.78 is 12.8. The second-order valence-corrected chi connectivity index (χ2v) is 5.43. The number of hydrogen-bond acceptors (Lipinski definition) is 3. The number of rotatable bonds is 5. The van der Waals surface area contributed by atoms with Gasteiger partial charge in [-0.15, -0.1) is 10.2 Å². The number of urea groups is 1. The van der Waals surface area contributed by atoms with Crippen molar-refractivity contribution in [2.24, 2.45) is 0 Å². The van der Waals surface area contributed by atoms with Crippen molar-refractivity contribution in [3.8, 4) is 11.3 Å². The number of nitrogens with zero attached hydrogens (tertiary/aromatic N) is 2. The van der Waals surface area contributed by atoms with Gasteiger partial charge < -0.3 is 5.32 Å². The van der Waals surface area contributed by atoms with Gasteiger partial charge in [0.05, 0.1) is 5.69 Å². The zero-order valence-corrected chi connectivity index (χ0v) is 13.4. The predicted octanol–water partition coefficient (Wildman–Crippen LogP) is 3.65. The van der Waals surface area contributed by atoms with Gasteiger partial charge in [0.15, 0.2) is 5.82 Å². The summed E-state index contributed by atoms with van der Waals surface area (Å²) in [4.78, 5) is 11.9. The molecule has 0 radical (unpaired) electrons. The third kappa shape index (κ3) is 4.84. The maximum Gasteiger partial charge on any atom is 0.320 e. The molecule has 5 nitrogen and oxygen atoms in total. The first-order valence-corrected chi connectivity index (χ1v) is 7.89. The minimum absolute atomic E-state index is 0.271. The highest BCUT2D eigenvalue weighted by molar-refractivity contribution is 5.88. The van der Waals surface area contributed by atoms with E-state index in [0.717, 1.165) is 16.8 Å². The van der Waals surface area contributed by atoms with Gasteiger partial charge in [0.1, 0.15) is 5.82 Å². The summed E-state index contributed by atoms with van der Waals surface area (Å²) in [5.74, 6) is 0.103. The third-order valence-electron chi connectivity index (χ3n) is 3.59. The molecule has 0 fully saturated rings. The Balaban J connectivity index is 1.48. The SMILES string of the molecule is O=C(NCCc1ccc(F)cc1)Nc1ccc(-c2ccccc2)nn1. The molecule has 2 N–H and O–H groups in total. The lowest BCUT2D eigenvalue weighted by Crippen LogP contribution is -2.30. The van der Waals surface area contributed by atoms with Crippen molar-refractivity contribution < 1.29 is 9.18 Å². The molecule has 0 saturated heterocycles. The maximum absolute atomic E-state index is 12.8. The van der Waals surface area contributed by atoms with Crippen LogP contribution in [-0.2, 0) is 6.42 Å². The molecule has 126 valence electrons. The molecule has 2 aromatic carbocycles. The summed E-state index contributed by atoms with van der Waals surface area (Å²) >= 11 is 0. The Morgan fingerprint density at radius 3 is 2.36 bits per heavy atom. The van der Waals surface area contributed by atoms with E-state index in [1.54, 1.807) is 24.3 Å². The van der Waals surface area contributed by atoms with E-state index in [-0.39, 0.29) is 11.8 Å². The van der Waals surface area contributed by atoms with Gasteiger partial charge in [0.2, 0.25) is 0 Å². The fourth-order valence-corrected chi connectivity index (χ4v) is 2.29. The molecule has 0 unspecified atom stereocenters. The highest BCUT2D eigenvalue weighted by atomic mass is 19.1. The van der Waals surface area contributed by atoms with Crippen molar-refractivity contribution in [1.29, 1.82) is 0 Å². The number of aromatic nitrogens is 2.